The van der Waals surface area contributed by atoms with Crippen LogP contribution in [0.3, 0.4) is 0 Å². The zero-order chi connectivity index (χ0) is 39.9. The number of nitrogens with zero attached hydrogens (tertiary/aromatic N) is 3. The van der Waals surface area contributed by atoms with E-state index in [2.05, 4.69) is 84.6 Å². The highest BCUT2D eigenvalue weighted by Gasteiger charge is 2.31. The lowest BCUT2D eigenvalue weighted by atomic mass is 9.84. The molecular weight excluding hydrogens is 709 g/mol. The van der Waals surface area contributed by atoms with Gasteiger partial charge in [-0.15, -0.1) is 0 Å². The Morgan fingerprint density at radius 2 is 0.930 bits per heavy atom. The standard InChI is InChI=1S/C49H44N4O4/c1-22(2)43(23(3)4)52-46(54)31-17-15-29-30-16-18-32-38-34(49(57)53(47(32)55)44(24(5)6)25(7)8)21-36-42(40(30)38)41-35(20-33(48(52)56)37(31)39(29)41)50-45(51-36)28-14-13-26-11-9-10-12-27(26)19-28/h9-25,43-44H,1-8H3,(H,50,51). The summed E-state index contributed by atoms with van der Waals surface area (Å²) in [6.07, 6.45) is 0. The van der Waals surface area contributed by atoms with Crippen LogP contribution in [0.25, 0.3) is 97.8 Å². The van der Waals surface area contributed by atoms with E-state index in [4.69, 9.17) is 4.98 Å². The third-order valence-corrected chi connectivity index (χ3v) is 12.7. The molecule has 57 heavy (non-hydrogen) atoms. The van der Waals surface area contributed by atoms with Crippen molar-refractivity contribution in [2.24, 2.45) is 23.7 Å². The third-order valence-electron chi connectivity index (χ3n) is 12.7. The summed E-state index contributed by atoms with van der Waals surface area (Å²) in [4.78, 5) is 67.9. The Kier molecular flexibility index (Phi) is 7.53. The highest BCUT2D eigenvalue weighted by Crippen LogP contribution is 2.47. The van der Waals surface area contributed by atoms with Gasteiger partial charge in [0.2, 0.25) is 0 Å². The first-order valence-corrected chi connectivity index (χ1v) is 20.2. The first-order chi connectivity index (χ1) is 27.3. The average Bonchev–Trinajstić information content (AvgIpc) is 3.34. The van der Waals surface area contributed by atoms with E-state index in [0.29, 0.717) is 49.2 Å². The molecule has 10 rings (SSSR count). The average molecular weight is 753 g/mol. The van der Waals surface area contributed by atoms with Crippen molar-refractivity contribution < 1.29 is 0 Å². The van der Waals surface area contributed by atoms with Gasteiger partial charge in [0.05, 0.1) is 16.3 Å². The Bertz CT molecular complexity index is 3330. The summed E-state index contributed by atoms with van der Waals surface area (Å²) in [6, 6.07) is 25.1. The van der Waals surface area contributed by atoms with Crippen molar-refractivity contribution in [1.29, 1.82) is 0 Å². The molecule has 1 N–H and O–H groups in total. The van der Waals surface area contributed by atoms with E-state index in [1.54, 1.807) is 0 Å². The molecule has 0 radical (unpaired) electrons. The van der Waals surface area contributed by atoms with Gasteiger partial charge in [-0.05, 0) is 75.5 Å². The van der Waals surface area contributed by atoms with E-state index in [-0.39, 0.29) is 58.0 Å². The topological polar surface area (TPSA) is 107 Å². The molecule has 10 aromatic rings. The number of H-pyrrole nitrogens is 1. The fourth-order valence-electron chi connectivity index (χ4n) is 10.7. The van der Waals surface area contributed by atoms with Crippen LogP contribution >= 0.6 is 0 Å². The second-order valence-corrected chi connectivity index (χ2v) is 17.6. The fourth-order valence-corrected chi connectivity index (χ4v) is 10.7. The number of aromatic nitrogens is 4. The zero-order valence-corrected chi connectivity index (χ0v) is 33.4. The molecule has 0 saturated carbocycles. The molecule has 8 nitrogen and oxygen atoms in total. The number of fused-ring (bicyclic) bond motifs is 2. The minimum absolute atomic E-state index is 0.0438. The smallest absolute Gasteiger partial charge is 0.261 e. The van der Waals surface area contributed by atoms with E-state index in [9.17, 15) is 19.2 Å². The van der Waals surface area contributed by atoms with Crippen molar-refractivity contribution in [2.45, 2.75) is 67.5 Å². The molecule has 7 aromatic carbocycles. The molecule has 0 unspecified atom stereocenters. The molecule has 8 heteroatoms. The summed E-state index contributed by atoms with van der Waals surface area (Å²) in [5.74, 6) is 0.744. The molecule has 284 valence electrons. The van der Waals surface area contributed by atoms with E-state index in [0.717, 1.165) is 48.7 Å². The lowest BCUT2D eigenvalue weighted by Gasteiger charge is -2.28. The second-order valence-electron chi connectivity index (χ2n) is 17.6. The van der Waals surface area contributed by atoms with Crippen molar-refractivity contribution in [3.05, 3.63) is 120 Å². The molecule has 3 aromatic heterocycles. The first kappa shape index (κ1) is 35.3. The zero-order valence-electron chi connectivity index (χ0n) is 33.4. The molecular formula is C49H44N4O4. The van der Waals surface area contributed by atoms with Crippen molar-refractivity contribution in [1.82, 2.24) is 19.1 Å². The van der Waals surface area contributed by atoms with Crippen LogP contribution in [0.2, 0.25) is 0 Å². The lowest BCUT2D eigenvalue weighted by molar-refractivity contribution is 0.277. The summed E-state index contributed by atoms with van der Waals surface area (Å²) in [7, 11) is 0. The second kappa shape index (κ2) is 12.2. The van der Waals surface area contributed by atoms with Gasteiger partial charge < -0.3 is 4.98 Å². The number of nitrogens with one attached hydrogen (secondary N) is 1. The predicted octanol–water partition coefficient (Wildman–Crippen LogP) is 10.4. The van der Waals surface area contributed by atoms with Gasteiger partial charge in [0.1, 0.15) is 5.82 Å². The number of benzene rings is 7. The molecule has 0 atom stereocenters. The van der Waals surface area contributed by atoms with Crippen LogP contribution in [0, 0.1) is 23.7 Å². The van der Waals surface area contributed by atoms with E-state index < -0.39 is 0 Å². The number of rotatable bonds is 7. The van der Waals surface area contributed by atoms with Crippen LogP contribution in [0.4, 0.5) is 0 Å². The summed E-state index contributed by atoms with van der Waals surface area (Å²) in [6.45, 7) is 16.4. The van der Waals surface area contributed by atoms with Crippen LogP contribution in [-0.4, -0.2) is 19.1 Å². The number of aromatic amines is 1. The number of hydrogen-bond acceptors (Lipinski definition) is 5. The molecule has 3 heterocycles. The maximum absolute atomic E-state index is 14.9. The molecule has 0 bridgehead atoms. The SMILES string of the molecule is CC(C)C(C(C)C)n1c(=O)c2ccc3c4ccc5c(=O)n(C(C(C)C)C(C)C)c(=O)c6cc7[nH]c(-c8ccc9ccccc9c8)nc8cc(c1=O)c2c3c8c7c4c56. The summed E-state index contributed by atoms with van der Waals surface area (Å²) in [5, 5.41) is 10.1. The quantitative estimate of drug-likeness (QED) is 0.129. The van der Waals surface area contributed by atoms with Gasteiger partial charge in [-0.1, -0.05) is 104 Å². The minimum Gasteiger partial charge on any atom is -0.339 e. The largest absolute Gasteiger partial charge is 0.339 e. The number of hydrogen-bond donors (Lipinski definition) is 1. The Morgan fingerprint density at radius 1 is 0.456 bits per heavy atom. The molecule has 0 aliphatic rings. The Labute approximate surface area is 327 Å². The van der Waals surface area contributed by atoms with Crippen LogP contribution < -0.4 is 22.2 Å². The van der Waals surface area contributed by atoms with Gasteiger partial charge in [-0.2, -0.15) is 0 Å². The molecule has 0 amide bonds. The van der Waals surface area contributed by atoms with Gasteiger partial charge in [0, 0.05) is 66.3 Å². The molecule has 0 saturated heterocycles. The Balaban J connectivity index is 1.48. The normalized spacial score (nSPS) is 13.1. The lowest BCUT2D eigenvalue weighted by Crippen LogP contribution is -2.40. The van der Waals surface area contributed by atoms with E-state index >= 15 is 0 Å². The molecule has 0 aliphatic carbocycles. The number of pyridine rings is 2. The maximum atomic E-state index is 14.9. The van der Waals surface area contributed by atoms with Crippen molar-refractivity contribution >= 4 is 86.4 Å². The van der Waals surface area contributed by atoms with Gasteiger partial charge in [-0.3, -0.25) is 28.3 Å². The van der Waals surface area contributed by atoms with Crippen LogP contribution in [0.5, 0.6) is 0 Å². The fraction of sp³-hybridized carbons (Fsp3) is 0.286. The van der Waals surface area contributed by atoms with Gasteiger partial charge in [0.25, 0.3) is 22.2 Å². The monoisotopic (exact) mass is 752 g/mol. The predicted molar refractivity (Wildman–Crippen MR) is 236 cm³/mol. The van der Waals surface area contributed by atoms with E-state index in [1.807, 2.05) is 54.6 Å². The summed E-state index contributed by atoms with van der Waals surface area (Å²) >= 11 is 0. The molecule has 0 aliphatic heterocycles. The van der Waals surface area contributed by atoms with Crippen LogP contribution in [0.1, 0.15) is 67.5 Å². The third kappa shape index (κ3) is 4.70. The summed E-state index contributed by atoms with van der Waals surface area (Å²) in [5.41, 5.74) is 0.873. The van der Waals surface area contributed by atoms with Gasteiger partial charge in [-0.25, -0.2) is 4.98 Å². The van der Waals surface area contributed by atoms with Crippen molar-refractivity contribution in [2.75, 3.05) is 0 Å². The molecule has 0 spiro atoms. The maximum Gasteiger partial charge on any atom is 0.261 e. The van der Waals surface area contributed by atoms with Crippen molar-refractivity contribution in [3.8, 4) is 11.4 Å². The molecule has 0 fully saturated rings. The Morgan fingerprint density at radius 3 is 1.47 bits per heavy atom. The Hall–Kier alpha value is -6.15. The minimum atomic E-state index is -0.322. The van der Waals surface area contributed by atoms with Gasteiger partial charge in [0.15, 0.2) is 0 Å². The van der Waals surface area contributed by atoms with Crippen molar-refractivity contribution in [3.63, 3.8) is 0 Å². The van der Waals surface area contributed by atoms with Crippen LogP contribution in [0.15, 0.2) is 98.0 Å². The van der Waals surface area contributed by atoms with Gasteiger partial charge >= 0.3 is 0 Å². The first-order valence-electron chi connectivity index (χ1n) is 20.2. The summed E-state index contributed by atoms with van der Waals surface area (Å²) < 4.78 is 2.96. The highest BCUT2D eigenvalue weighted by molar-refractivity contribution is 6.44. The highest BCUT2D eigenvalue weighted by atomic mass is 16.2. The van der Waals surface area contributed by atoms with E-state index in [1.165, 1.54) is 9.13 Å². The van der Waals surface area contributed by atoms with Crippen LogP contribution in [-0.2, 0) is 0 Å².